The summed E-state index contributed by atoms with van der Waals surface area (Å²) in [4.78, 5) is 32.6. The molecule has 7 nitrogen and oxygen atoms in total. The first kappa shape index (κ1) is 24.5. The molecule has 0 bridgehead atoms. The number of ketones is 1. The molecule has 1 unspecified atom stereocenters. The van der Waals surface area contributed by atoms with Crippen molar-refractivity contribution in [3.05, 3.63) is 89.2 Å². The van der Waals surface area contributed by atoms with Gasteiger partial charge in [-0.3, -0.25) is 14.5 Å². The SMILES string of the molecule is CCOc1ccc(/C(O)=C2\C(=O)C(=O)N(c3nc4ccc(OCC)cc4s3)C2c2ccc(F)cc2)cc1. The van der Waals surface area contributed by atoms with E-state index in [1.165, 1.54) is 40.5 Å². The van der Waals surface area contributed by atoms with Gasteiger partial charge in [0.15, 0.2) is 5.13 Å². The third-order valence-electron chi connectivity index (χ3n) is 5.93. The number of rotatable bonds is 7. The van der Waals surface area contributed by atoms with E-state index in [-0.39, 0.29) is 16.5 Å². The Balaban J connectivity index is 1.65. The predicted molar refractivity (Wildman–Crippen MR) is 140 cm³/mol. The number of aliphatic hydroxyl groups excluding tert-OH is 1. The molecule has 1 saturated heterocycles. The molecule has 1 fully saturated rings. The predicted octanol–water partition coefficient (Wildman–Crippen LogP) is 5.86. The molecule has 9 heteroatoms. The Morgan fingerprint density at radius 1 is 0.973 bits per heavy atom. The quantitative estimate of drug-likeness (QED) is 0.187. The van der Waals surface area contributed by atoms with Crippen molar-refractivity contribution in [2.75, 3.05) is 18.1 Å². The van der Waals surface area contributed by atoms with Crippen LogP contribution in [0.5, 0.6) is 11.5 Å². The van der Waals surface area contributed by atoms with Crippen LogP contribution in [0.2, 0.25) is 0 Å². The topological polar surface area (TPSA) is 89.0 Å². The molecule has 1 amide bonds. The van der Waals surface area contributed by atoms with Crippen molar-refractivity contribution in [3.63, 3.8) is 0 Å². The maximum absolute atomic E-state index is 13.8. The van der Waals surface area contributed by atoms with Crippen LogP contribution >= 0.6 is 11.3 Å². The molecule has 3 aromatic carbocycles. The van der Waals surface area contributed by atoms with Gasteiger partial charge >= 0.3 is 5.91 Å². The molecule has 1 aliphatic rings. The molecule has 1 aliphatic heterocycles. The zero-order valence-corrected chi connectivity index (χ0v) is 20.9. The molecule has 37 heavy (non-hydrogen) atoms. The highest BCUT2D eigenvalue weighted by Crippen LogP contribution is 2.44. The van der Waals surface area contributed by atoms with Gasteiger partial charge in [-0.2, -0.15) is 0 Å². The fraction of sp³-hybridized carbons (Fsp3) is 0.179. The minimum absolute atomic E-state index is 0.102. The summed E-state index contributed by atoms with van der Waals surface area (Å²) in [5.41, 5.74) is 1.34. The zero-order chi connectivity index (χ0) is 26.1. The monoisotopic (exact) mass is 518 g/mol. The van der Waals surface area contributed by atoms with Crippen molar-refractivity contribution in [2.24, 2.45) is 0 Å². The van der Waals surface area contributed by atoms with Gasteiger partial charge in [0.2, 0.25) is 0 Å². The second-order valence-electron chi connectivity index (χ2n) is 8.24. The number of anilines is 1. The highest BCUT2D eigenvalue weighted by atomic mass is 32.1. The van der Waals surface area contributed by atoms with E-state index in [2.05, 4.69) is 4.98 Å². The number of hydrogen-bond donors (Lipinski definition) is 1. The summed E-state index contributed by atoms with van der Waals surface area (Å²) in [5.74, 6) is -1.21. The summed E-state index contributed by atoms with van der Waals surface area (Å²) in [6.07, 6.45) is 0. The van der Waals surface area contributed by atoms with Crippen molar-refractivity contribution < 1.29 is 28.6 Å². The summed E-state index contributed by atoms with van der Waals surface area (Å²) in [5, 5.41) is 11.5. The fourth-order valence-electron chi connectivity index (χ4n) is 4.27. The Morgan fingerprint density at radius 3 is 2.30 bits per heavy atom. The Labute approximate surface area is 216 Å². The maximum atomic E-state index is 13.8. The highest BCUT2D eigenvalue weighted by molar-refractivity contribution is 7.22. The normalized spacial score (nSPS) is 16.9. The van der Waals surface area contributed by atoms with Crippen LogP contribution in [0.1, 0.15) is 31.0 Å². The van der Waals surface area contributed by atoms with Crippen molar-refractivity contribution in [1.82, 2.24) is 4.98 Å². The zero-order valence-electron chi connectivity index (χ0n) is 20.1. The molecule has 1 atom stereocenters. The number of amides is 1. The molecule has 0 aliphatic carbocycles. The van der Waals surface area contributed by atoms with Crippen LogP contribution in [0, 0.1) is 5.82 Å². The lowest BCUT2D eigenvalue weighted by atomic mass is 9.95. The number of thiazole rings is 1. The first-order valence-corrected chi connectivity index (χ1v) is 12.6. The number of carbonyl (C=O) groups excluding carboxylic acids is 2. The molecule has 2 heterocycles. The van der Waals surface area contributed by atoms with Crippen molar-refractivity contribution in [2.45, 2.75) is 19.9 Å². The molecule has 4 aromatic rings. The molecule has 1 aromatic heterocycles. The van der Waals surface area contributed by atoms with Crippen LogP contribution in [0.25, 0.3) is 16.0 Å². The van der Waals surface area contributed by atoms with Crippen LogP contribution in [0.15, 0.2) is 72.3 Å². The van der Waals surface area contributed by atoms with Gasteiger partial charge in [0, 0.05) is 5.56 Å². The summed E-state index contributed by atoms with van der Waals surface area (Å²) in [7, 11) is 0. The molecule has 1 N–H and O–H groups in total. The number of hydrogen-bond acceptors (Lipinski definition) is 7. The number of benzene rings is 3. The number of halogens is 1. The van der Waals surface area contributed by atoms with E-state index >= 15 is 0 Å². The van der Waals surface area contributed by atoms with E-state index in [1.54, 1.807) is 36.4 Å². The minimum Gasteiger partial charge on any atom is -0.507 e. The van der Waals surface area contributed by atoms with Crippen molar-refractivity contribution in [3.8, 4) is 11.5 Å². The lowest BCUT2D eigenvalue weighted by Gasteiger charge is -2.23. The van der Waals surface area contributed by atoms with Crippen LogP contribution in [-0.4, -0.2) is 35.0 Å². The summed E-state index contributed by atoms with van der Waals surface area (Å²) >= 11 is 1.23. The number of nitrogens with zero attached hydrogens (tertiary/aromatic N) is 2. The number of fused-ring (bicyclic) bond motifs is 1. The molecule has 0 spiro atoms. The first-order valence-electron chi connectivity index (χ1n) is 11.7. The lowest BCUT2D eigenvalue weighted by Crippen LogP contribution is -2.29. The first-order chi connectivity index (χ1) is 17.9. The Bertz CT molecular complexity index is 1510. The van der Waals surface area contributed by atoms with Gasteiger partial charge in [0.05, 0.1) is 35.0 Å². The molecule has 0 saturated carbocycles. The van der Waals surface area contributed by atoms with Gasteiger partial charge in [0.1, 0.15) is 23.1 Å². The molecule has 188 valence electrons. The fourth-order valence-corrected chi connectivity index (χ4v) is 5.29. The third kappa shape index (κ3) is 4.53. The molecular formula is C28H23FN2O5S. The highest BCUT2D eigenvalue weighted by Gasteiger charge is 2.48. The number of Topliss-reactive ketones (excluding diaryl/α,β-unsaturated/α-hetero) is 1. The van der Waals surface area contributed by atoms with Gasteiger partial charge in [0.25, 0.3) is 5.78 Å². The summed E-state index contributed by atoms with van der Waals surface area (Å²) in [6.45, 7) is 4.73. The summed E-state index contributed by atoms with van der Waals surface area (Å²) in [6, 6.07) is 16.4. The van der Waals surface area contributed by atoms with E-state index in [0.29, 0.717) is 41.4 Å². The van der Waals surface area contributed by atoms with Gasteiger partial charge in [-0.15, -0.1) is 0 Å². The molecule has 0 radical (unpaired) electrons. The van der Waals surface area contributed by atoms with Gasteiger partial charge in [-0.1, -0.05) is 23.5 Å². The molecular weight excluding hydrogens is 495 g/mol. The smallest absolute Gasteiger partial charge is 0.301 e. The van der Waals surface area contributed by atoms with Crippen molar-refractivity contribution in [1.29, 1.82) is 0 Å². The number of ether oxygens (including phenoxy) is 2. The Kier molecular flexibility index (Phi) is 6.62. The van der Waals surface area contributed by atoms with Gasteiger partial charge in [-0.25, -0.2) is 9.37 Å². The van der Waals surface area contributed by atoms with E-state index in [1.807, 2.05) is 19.9 Å². The van der Waals surface area contributed by atoms with Crippen LogP contribution in [0.3, 0.4) is 0 Å². The standard InChI is InChI=1S/C28H23FN2O5S/c1-3-35-19-11-7-17(8-12-19)25(32)23-24(16-5-9-18(29)10-6-16)31(27(34)26(23)33)28-30-21-14-13-20(36-4-2)15-22(21)37-28/h5-15,24,32H,3-4H2,1-2H3/b25-23+. The molecule has 5 rings (SSSR count). The van der Waals surface area contributed by atoms with Gasteiger partial charge < -0.3 is 14.6 Å². The van der Waals surface area contributed by atoms with E-state index in [9.17, 15) is 19.1 Å². The van der Waals surface area contributed by atoms with E-state index in [0.717, 1.165) is 4.70 Å². The average molecular weight is 519 g/mol. The largest absolute Gasteiger partial charge is 0.507 e. The lowest BCUT2D eigenvalue weighted by molar-refractivity contribution is -0.132. The second kappa shape index (κ2) is 10.0. The second-order valence-corrected chi connectivity index (χ2v) is 9.25. The Morgan fingerprint density at radius 2 is 1.62 bits per heavy atom. The van der Waals surface area contributed by atoms with Crippen LogP contribution in [0.4, 0.5) is 9.52 Å². The minimum atomic E-state index is -1.00. The number of carbonyl (C=O) groups is 2. The van der Waals surface area contributed by atoms with Crippen molar-refractivity contribution >= 4 is 44.1 Å². The average Bonchev–Trinajstić information content (AvgIpc) is 3.43. The number of aromatic nitrogens is 1. The Hall–Kier alpha value is -4.24. The van der Waals surface area contributed by atoms with Crippen LogP contribution < -0.4 is 14.4 Å². The maximum Gasteiger partial charge on any atom is 0.301 e. The van der Waals surface area contributed by atoms with Crippen LogP contribution in [-0.2, 0) is 9.59 Å². The van der Waals surface area contributed by atoms with E-state index in [4.69, 9.17) is 9.47 Å². The van der Waals surface area contributed by atoms with Gasteiger partial charge in [-0.05, 0) is 74.0 Å². The summed E-state index contributed by atoms with van der Waals surface area (Å²) < 4.78 is 25.6. The third-order valence-corrected chi connectivity index (χ3v) is 6.95. The number of aliphatic hydroxyl groups is 1. The van der Waals surface area contributed by atoms with E-state index < -0.39 is 23.5 Å².